The van der Waals surface area contributed by atoms with Gasteiger partial charge in [-0.3, -0.25) is 0 Å². The third kappa shape index (κ3) is 3.89. The summed E-state index contributed by atoms with van der Waals surface area (Å²) >= 11 is 0. The Hall–Kier alpha value is -1.26. The molecule has 0 radical (unpaired) electrons. The molecular weight excluding hydrogens is 266 g/mol. The van der Waals surface area contributed by atoms with Gasteiger partial charge in [0, 0.05) is 31.6 Å². The lowest BCUT2D eigenvalue weighted by Crippen LogP contribution is -2.38. The number of hydrogen-bond acceptors (Lipinski definition) is 4. The Morgan fingerprint density at radius 3 is 2.71 bits per heavy atom. The van der Waals surface area contributed by atoms with Gasteiger partial charge in [-0.15, -0.1) is 0 Å². The highest BCUT2D eigenvalue weighted by Crippen LogP contribution is 2.39. The number of nitrogens with one attached hydrogen (secondary N) is 1. The number of fused-ring (bicyclic) bond motifs is 1. The molecule has 1 aromatic carbocycles. The molecular formula is C17H27NO3. The predicted molar refractivity (Wildman–Crippen MR) is 84.1 cm³/mol. The first-order valence-electron chi connectivity index (χ1n) is 7.62. The van der Waals surface area contributed by atoms with Gasteiger partial charge in [0.1, 0.15) is 17.6 Å². The maximum Gasteiger partial charge on any atom is 0.124 e. The first-order valence-corrected chi connectivity index (χ1v) is 7.62. The number of hydrogen-bond donors (Lipinski definition) is 1. The molecule has 1 heterocycles. The molecule has 0 saturated carbocycles. The van der Waals surface area contributed by atoms with E-state index in [0.29, 0.717) is 6.04 Å². The molecule has 4 heteroatoms. The Morgan fingerprint density at radius 2 is 2.10 bits per heavy atom. The summed E-state index contributed by atoms with van der Waals surface area (Å²) in [5.41, 5.74) is 1.01. The van der Waals surface area contributed by atoms with Gasteiger partial charge in [-0.2, -0.15) is 0 Å². The van der Waals surface area contributed by atoms with Gasteiger partial charge in [-0.05, 0) is 38.6 Å². The fourth-order valence-electron chi connectivity index (χ4n) is 2.85. The number of methoxy groups -OCH3 is 2. The van der Waals surface area contributed by atoms with Gasteiger partial charge in [-0.1, -0.05) is 6.92 Å². The maximum atomic E-state index is 6.17. The van der Waals surface area contributed by atoms with Gasteiger partial charge >= 0.3 is 0 Å². The van der Waals surface area contributed by atoms with Gasteiger partial charge in [0.15, 0.2) is 0 Å². The van der Waals surface area contributed by atoms with Crippen molar-refractivity contribution in [1.82, 2.24) is 5.32 Å². The van der Waals surface area contributed by atoms with Crippen LogP contribution in [-0.2, 0) is 4.74 Å². The normalized spacial score (nSPS) is 21.6. The number of benzene rings is 1. The zero-order valence-electron chi connectivity index (χ0n) is 13.7. The molecule has 0 spiro atoms. The van der Waals surface area contributed by atoms with Crippen molar-refractivity contribution >= 4 is 0 Å². The Morgan fingerprint density at radius 1 is 1.33 bits per heavy atom. The quantitative estimate of drug-likeness (QED) is 0.873. The lowest BCUT2D eigenvalue weighted by molar-refractivity contribution is -0.0204. The van der Waals surface area contributed by atoms with Crippen molar-refractivity contribution in [3.8, 4) is 11.5 Å². The average molecular weight is 293 g/mol. The smallest absolute Gasteiger partial charge is 0.124 e. The van der Waals surface area contributed by atoms with Crippen LogP contribution in [0, 0.1) is 0 Å². The van der Waals surface area contributed by atoms with E-state index in [1.165, 1.54) is 5.56 Å². The Labute approximate surface area is 127 Å². The second kappa shape index (κ2) is 6.67. The van der Waals surface area contributed by atoms with E-state index in [0.717, 1.165) is 30.9 Å². The van der Waals surface area contributed by atoms with Gasteiger partial charge in [0.2, 0.25) is 0 Å². The Balaban J connectivity index is 2.22. The van der Waals surface area contributed by atoms with Crippen molar-refractivity contribution in [1.29, 1.82) is 0 Å². The zero-order chi connectivity index (χ0) is 15.5. The summed E-state index contributed by atoms with van der Waals surface area (Å²) in [7, 11) is 3.45. The summed E-state index contributed by atoms with van der Waals surface area (Å²) in [5.74, 6) is 1.82. The minimum Gasteiger partial charge on any atom is -0.497 e. The lowest BCUT2D eigenvalue weighted by Gasteiger charge is -2.36. The van der Waals surface area contributed by atoms with Crippen LogP contribution in [0.15, 0.2) is 18.2 Å². The second-order valence-corrected chi connectivity index (χ2v) is 6.16. The summed E-state index contributed by atoms with van der Waals surface area (Å²) in [4.78, 5) is 0. The van der Waals surface area contributed by atoms with Crippen LogP contribution >= 0.6 is 0 Å². The van der Waals surface area contributed by atoms with E-state index in [9.17, 15) is 0 Å². The first kappa shape index (κ1) is 16.1. The summed E-state index contributed by atoms with van der Waals surface area (Å²) in [6, 6.07) is 6.32. The molecule has 0 fully saturated rings. The number of ether oxygens (including phenoxy) is 3. The molecule has 4 nitrogen and oxygen atoms in total. The summed E-state index contributed by atoms with van der Waals surface area (Å²) < 4.78 is 17.0. The average Bonchev–Trinajstić information content (AvgIpc) is 2.47. The van der Waals surface area contributed by atoms with Crippen molar-refractivity contribution < 1.29 is 14.2 Å². The molecule has 2 unspecified atom stereocenters. The van der Waals surface area contributed by atoms with E-state index in [1.54, 1.807) is 14.2 Å². The SMILES string of the molecule is CCNC1CC(CC(C)(C)OC)Oc2ccc(OC)cc21. The van der Waals surface area contributed by atoms with Crippen LogP contribution in [0.5, 0.6) is 11.5 Å². The fourth-order valence-corrected chi connectivity index (χ4v) is 2.85. The van der Waals surface area contributed by atoms with Crippen LogP contribution < -0.4 is 14.8 Å². The van der Waals surface area contributed by atoms with Crippen molar-refractivity contribution in [2.75, 3.05) is 20.8 Å². The summed E-state index contributed by atoms with van der Waals surface area (Å²) in [5, 5.41) is 3.55. The summed E-state index contributed by atoms with van der Waals surface area (Å²) in [6.07, 6.45) is 1.97. The minimum absolute atomic E-state index is 0.157. The fraction of sp³-hybridized carbons (Fsp3) is 0.647. The van der Waals surface area contributed by atoms with Crippen molar-refractivity contribution in [3.63, 3.8) is 0 Å². The van der Waals surface area contributed by atoms with Crippen LogP contribution in [-0.4, -0.2) is 32.5 Å². The first-order chi connectivity index (χ1) is 9.99. The van der Waals surface area contributed by atoms with E-state index in [2.05, 4.69) is 32.2 Å². The predicted octanol–water partition coefficient (Wildman–Crippen LogP) is 3.31. The molecule has 1 N–H and O–H groups in total. The topological polar surface area (TPSA) is 39.7 Å². The van der Waals surface area contributed by atoms with Crippen LogP contribution in [0.4, 0.5) is 0 Å². The van der Waals surface area contributed by atoms with Crippen molar-refractivity contribution in [2.24, 2.45) is 0 Å². The van der Waals surface area contributed by atoms with E-state index in [-0.39, 0.29) is 11.7 Å². The monoisotopic (exact) mass is 293 g/mol. The van der Waals surface area contributed by atoms with E-state index in [4.69, 9.17) is 14.2 Å². The van der Waals surface area contributed by atoms with Gasteiger partial charge in [0.25, 0.3) is 0 Å². The van der Waals surface area contributed by atoms with Gasteiger partial charge in [-0.25, -0.2) is 0 Å². The largest absolute Gasteiger partial charge is 0.497 e. The third-order valence-corrected chi connectivity index (χ3v) is 4.11. The van der Waals surface area contributed by atoms with Crippen molar-refractivity contribution in [3.05, 3.63) is 23.8 Å². The van der Waals surface area contributed by atoms with Gasteiger partial charge in [0.05, 0.1) is 12.7 Å². The molecule has 0 bridgehead atoms. The lowest BCUT2D eigenvalue weighted by atomic mass is 9.90. The molecule has 0 aromatic heterocycles. The number of rotatable bonds is 6. The Kier molecular flexibility index (Phi) is 5.12. The highest BCUT2D eigenvalue weighted by Gasteiger charge is 2.32. The molecule has 118 valence electrons. The third-order valence-electron chi connectivity index (χ3n) is 4.11. The molecule has 0 aliphatic carbocycles. The van der Waals surface area contributed by atoms with Gasteiger partial charge < -0.3 is 19.5 Å². The van der Waals surface area contributed by atoms with Crippen LogP contribution in [0.1, 0.15) is 45.2 Å². The van der Waals surface area contributed by atoms with Crippen LogP contribution in [0.25, 0.3) is 0 Å². The highest BCUT2D eigenvalue weighted by molar-refractivity contribution is 5.43. The molecule has 2 atom stereocenters. The second-order valence-electron chi connectivity index (χ2n) is 6.16. The molecule has 0 amide bonds. The molecule has 0 saturated heterocycles. The van der Waals surface area contributed by atoms with E-state index < -0.39 is 0 Å². The van der Waals surface area contributed by atoms with E-state index in [1.807, 2.05) is 12.1 Å². The summed E-state index contributed by atoms with van der Waals surface area (Å²) in [6.45, 7) is 7.26. The van der Waals surface area contributed by atoms with E-state index >= 15 is 0 Å². The molecule has 1 aromatic rings. The maximum absolute atomic E-state index is 6.17. The minimum atomic E-state index is -0.175. The van der Waals surface area contributed by atoms with Crippen LogP contribution in [0.2, 0.25) is 0 Å². The molecule has 1 aliphatic heterocycles. The Bertz CT molecular complexity index is 473. The standard InChI is InChI=1S/C17H27NO3/c1-6-18-15-10-13(11-17(2,3)20-5)21-16-8-7-12(19-4)9-14(15)16/h7-9,13,15,18H,6,10-11H2,1-5H3. The van der Waals surface area contributed by atoms with Crippen molar-refractivity contribution in [2.45, 2.75) is 51.4 Å². The van der Waals surface area contributed by atoms with Crippen LogP contribution in [0.3, 0.4) is 0 Å². The molecule has 21 heavy (non-hydrogen) atoms. The molecule has 2 rings (SSSR count). The zero-order valence-corrected chi connectivity index (χ0v) is 13.7. The molecule has 1 aliphatic rings. The highest BCUT2D eigenvalue weighted by atomic mass is 16.5.